The normalized spacial score (nSPS) is 23.4. The van der Waals surface area contributed by atoms with Gasteiger partial charge >= 0.3 is 0 Å². The lowest BCUT2D eigenvalue weighted by atomic mass is 10.2. The molecule has 14 heavy (non-hydrogen) atoms. The summed E-state index contributed by atoms with van der Waals surface area (Å²) in [5.74, 6) is -0.280. The number of carbonyl (C=O) groups is 3. The molecule has 2 aliphatic rings. The van der Waals surface area contributed by atoms with E-state index in [2.05, 4.69) is 5.32 Å². The third kappa shape index (κ3) is 2.17. The number of ketones is 1. The molecule has 5 nitrogen and oxygen atoms in total. The predicted molar refractivity (Wildman–Crippen MR) is 47.3 cm³/mol. The van der Waals surface area contributed by atoms with E-state index >= 15 is 0 Å². The van der Waals surface area contributed by atoms with Gasteiger partial charge in [-0.15, -0.1) is 0 Å². The third-order valence-electron chi connectivity index (χ3n) is 2.43. The second kappa shape index (κ2) is 3.49. The maximum atomic E-state index is 11.4. The van der Waals surface area contributed by atoms with E-state index in [9.17, 15) is 14.4 Å². The number of carbonyl (C=O) groups excluding carboxylic acids is 3. The first-order valence-electron chi connectivity index (χ1n) is 4.73. The summed E-state index contributed by atoms with van der Waals surface area (Å²) < 4.78 is 0. The van der Waals surface area contributed by atoms with Crippen LogP contribution in [0.1, 0.15) is 12.8 Å². The van der Waals surface area contributed by atoms with Crippen LogP contribution in [-0.2, 0) is 14.4 Å². The maximum Gasteiger partial charge on any atom is 0.240 e. The molecule has 1 N–H and O–H groups in total. The summed E-state index contributed by atoms with van der Waals surface area (Å²) in [6.07, 6.45) is 1.93. The molecule has 0 radical (unpaired) electrons. The van der Waals surface area contributed by atoms with Gasteiger partial charge in [0, 0.05) is 5.92 Å². The number of Topliss-reactive ketones (excluding diaryl/α,β-unsaturated/α-hetero) is 1. The molecule has 5 heteroatoms. The lowest BCUT2D eigenvalue weighted by Gasteiger charge is -2.24. The van der Waals surface area contributed by atoms with Gasteiger partial charge in [0.15, 0.2) is 0 Å². The average Bonchev–Trinajstić information content (AvgIpc) is 2.82. The summed E-state index contributed by atoms with van der Waals surface area (Å²) in [5.41, 5.74) is 0. The van der Waals surface area contributed by atoms with E-state index in [1.54, 1.807) is 4.90 Å². The SMILES string of the molecule is O=C1CN(CC(=O)C2CC2)CC(=O)N1. The first kappa shape index (κ1) is 9.33. The number of nitrogens with one attached hydrogen (secondary N) is 1. The predicted octanol–water partition coefficient (Wildman–Crippen LogP) is -1.08. The number of piperazine rings is 1. The molecule has 0 aromatic carbocycles. The van der Waals surface area contributed by atoms with E-state index in [4.69, 9.17) is 0 Å². The van der Waals surface area contributed by atoms with Crippen molar-refractivity contribution in [2.75, 3.05) is 19.6 Å². The van der Waals surface area contributed by atoms with Crippen molar-refractivity contribution in [2.45, 2.75) is 12.8 Å². The van der Waals surface area contributed by atoms with Gasteiger partial charge in [0.25, 0.3) is 0 Å². The van der Waals surface area contributed by atoms with Crippen LogP contribution < -0.4 is 5.32 Å². The minimum Gasteiger partial charge on any atom is -0.298 e. The minimum atomic E-state index is -0.315. The summed E-state index contributed by atoms with van der Waals surface area (Å²) in [6.45, 7) is 0.554. The Morgan fingerprint density at radius 3 is 2.36 bits per heavy atom. The number of imide groups is 1. The Hall–Kier alpha value is -1.23. The second-order valence-corrected chi connectivity index (χ2v) is 3.86. The van der Waals surface area contributed by atoms with E-state index in [-0.39, 0.29) is 43.1 Å². The van der Waals surface area contributed by atoms with E-state index in [0.717, 1.165) is 12.8 Å². The Labute approximate surface area is 81.4 Å². The molecule has 76 valence electrons. The molecule has 0 aromatic rings. The van der Waals surface area contributed by atoms with Crippen molar-refractivity contribution in [1.82, 2.24) is 10.2 Å². The molecular formula is C9H12N2O3. The first-order valence-corrected chi connectivity index (χ1v) is 4.73. The minimum absolute atomic E-state index is 0.157. The lowest BCUT2D eigenvalue weighted by molar-refractivity contribution is -0.136. The number of nitrogens with zero attached hydrogens (tertiary/aromatic N) is 1. The number of hydrogen-bond donors (Lipinski definition) is 1. The van der Waals surface area contributed by atoms with Crippen LogP contribution in [0, 0.1) is 5.92 Å². The zero-order valence-electron chi connectivity index (χ0n) is 7.78. The van der Waals surface area contributed by atoms with Crippen molar-refractivity contribution >= 4 is 17.6 Å². The smallest absolute Gasteiger partial charge is 0.240 e. The molecule has 0 bridgehead atoms. The molecule has 1 heterocycles. The molecule has 0 unspecified atom stereocenters. The summed E-state index contributed by atoms with van der Waals surface area (Å²) >= 11 is 0. The molecule has 2 amide bonds. The van der Waals surface area contributed by atoms with Gasteiger partial charge in [-0.25, -0.2) is 0 Å². The van der Waals surface area contributed by atoms with Crippen LogP contribution in [0.4, 0.5) is 0 Å². The maximum absolute atomic E-state index is 11.4. The Kier molecular flexibility index (Phi) is 2.33. The molecule has 1 saturated carbocycles. The topological polar surface area (TPSA) is 66.5 Å². The number of amides is 2. The monoisotopic (exact) mass is 196 g/mol. The van der Waals surface area contributed by atoms with Crippen molar-refractivity contribution in [1.29, 1.82) is 0 Å². The quantitative estimate of drug-likeness (QED) is 0.583. The van der Waals surface area contributed by atoms with Gasteiger partial charge in [0.1, 0.15) is 5.78 Å². The highest BCUT2D eigenvalue weighted by Crippen LogP contribution is 2.29. The van der Waals surface area contributed by atoms with Crippen molar-refractivity contribution < 1.29 is 14.4 Å². The Bertz CT molecular complexity index is 280. The highest BCUT2D eigenvalue weighted by atomic mass is 16.2. The van der Waals surface area contributed by atoms with Crippen molar-refractivity contribution in [2.24, 2.45) is 5.92 Å². The Morgan fingerprint density at radius 1 is 1.29 bits per heavy atom. The van der Waals surface area contributed by atoms with Gasteiger partial charge in [-0.05, 0) is 12.8 Å². The fourth-order valence-corrected chi connectivity index (χ4v) is 1.56. The van der Waals surface area contributed by atoms with Crippen molar-refractivity contribution in [3.05, 3.63) is 0 Å². The lowest BCUT2D eigenvalue weighted by Crippen LogP contribution is -2.52. The number of rotatable bonds is 3. The van der Waals surface area contributed by atoms with Crippen LogP contribution in [0.25, 0.3) is 0 Å². The first-order chi connectivity index (χ1) is 6.65. The third-order valence-corrected chi connectivity index (χ3v) is 2.43. The standard InChI is InChI=1S/C9H12N2O3/c12-7(6-1-2-6)3-11-4-8(13)10-9(14)5-11/h6H,1-5H2,(H,10,13,14). The van der Waals surface area contributed by atoms with Crippen LogP contribution >= 0.6 is 0 Å². The summed E-state index contributed by atoms with van der Waals surface area (Å²) in [5, 5.41) is 2.20. The highest BCUT2D eigenvalue weighted by Gasteiger charge is 2.32. The fourth-order valence-electron chi connectivity index (χ4n) is 1.56. The van der Waals surface area contributed by atoms with Crippen LogP contribution in [0.5, 0.6) is 0 Å². The van der Waals surface area contributed by atoms with E-state index in [1.165, 1.54) is 0 Å². The highest BCUT2D eigenvalue weighted by molar-refractivity contribution is 6.00. The molecule has 0 aromatic heterocycles. The Balaban J connectivity index is 1.87. The molecule has 0 atom stereocenters. The van der Waals surface area contributed by atoms with Crippen LogP contribution in [0.3, 0.4) is 0 Å². The molecule has 0 spiro atoms. The van der Waals surface area contributed by atoms with Crippen LogP contribution in [-0.4, -0.2) is 42.1 Å². The molecule has 1 aliphatic heterocycles. The molecule has 1 saturated heterocycles. The average molecular weight is 196 g/mol. The van der Waals surface area contributed by atoms with Crippen molar-refractivity contribution in [3.8, 4) is 0 Å². The molecule has 1 aliphatic carbocycles. The van der Waals surface area contributed by atoms with Gasteiger partial charge < -0.3 is 0 Å². The van der Waals surface area contributed by atoms with Crippen LogP contribution in [0.15, 0.2) is 0 Å². The van der Waals surface area contributed by atoms with Gasteiger partial charge in [-0.1, -0.05) is 0 Å². The fraction of sp³-hybridized carbons (Fsp3) is 0.667. The molecule has 2 rings (SSSR count). The van der Waals surface area contributed by atoms with Gasteiger partial charge in [0.05, 0.1) is 19.6 Å². The van der Waals surface area contributed by atoms with E-state index < -0.39 is 0 Å². The largest absolute Gasteiger partial charge is 0.298 e. The van der Waals surface area contributed by atoms with E-state index in [1.807, 2.05) is 0 Å². The second-order valence-electron chi connectivity index (χ2n) is 3.86. The van der Waals surface area contributed by atoms with Gasteiger partial charge in [-0.2, -0.15) is 0 Å². The zero-order valence-corrected chi connectivity index (χ0v) is 7.78. The summed E-state index contributed by atoms with van der Waals surface area (Å²) in [4.78, 5) is 34.9. The molecular weight excluding hydrogens is 184 g/mol. The summed E-state index contributed by atoms with van der Waals surface area (Å²) in [7, 11) is 0. The molecule has 2 fully saturated rings. The van der Waals surface area contributed by atoms with Gasteiger partial charge in [0.2, 0.25) is 11.8 Å². The van der Waals surface area contributed by atoms with Crippen molar-refractivity contribution in [3.63, 3.8) is 0 Å². The van der Waals surface area contributed by atoms with Crippen LogP contribution in [0.2, 0.25) is 0 Å². The van der Waals surface area contributed by atoms with Gasteiger partial charge in [-0.3, -0.25) is 24.6 Å². The summed E-state index contributed by atoms with van der Waals surface area (Å²) in [6, 6.07) is 0. The Morgan fingerprint density at radius 2 is 1.86 bits per heavy atom. The number of hydrogen-bond acceptors (Lipinski definition) is 4. The van der Waals surface area contributed by atoms with E-state index in [0.29, 0.717) is 0 Å². The zero-order chi connectivity index (χ0) is 10.1.